The molecule has 0 unspecified atom stereocenters. The Morgan fingerprint density at radius 2 is 1.81 bits per heavy atom. The summed E-state index contributed by atoms with van der Waals surface area (Å²) in [7, 11) is -1.90. The van der Waals surface area contributed by atoms with Crippen LogP contribution >= 0.6 is 0 Å². The zero-order valence-corrected chi connectivity index (χ0v) is 19.5. The van der Waals surface area contributed by atoms with Crippen LogP contribution in [0.3, 0.4) is 0 Å². The van der Waals surface area contributed by atoms with Crippen molar-refractivity contribution >= 4 is 19.2 Å². The number of nitrogens with zero attached hydrogens (tertiary/aromatic N) is 1. The number of aromatic nitrogens is 2. The van der Waals surface area contributed by atoms with Crippen LogP contribution in [0.5, 0.6) is 0 Å². The standard InChI is InChI=1S/C22H30N2O7Si/c1-4-32(5-2,6-3)16-10-8-7-9-14(16)21(28)31-19-15(13-25)30-20(18(19)27)24-12-11-17(26)23-22(24)29/h7-12,15,18-20,25,27H,4-6,13H2,1-3H3,(H,23,26,29)/t15-,18-,19-,20-/m1/s1. The van der Waals surface area contributed by atoms with E-state index in [9.17, 15) is 24.6 Å². The van der Waals surface area contributed by atoms with E-state index in [-0.39, 0.29) is 0 Å². The van der Waals surface area contributed by atoms with Crippen molar-refractivity contribution in [3.8, 4) is 0 Å². The Kier molecular flexibility index (Phi) is 7.50. The monoisotopic (exact) mass is 462 g/mol. The Bertz CT molecular complexity index is 1050. The molecule has 0 radical (unpaired) electrons. The Balaban J connectivity index is 1.91. The van der Waals surface area contributed by atoms with Gasteiger partial charge in [0.2, 0.25) is 0 Å². The minimum atomic E-state index is -1.90. The number of H-pyrrole nitrogens is 1. The fraction of sp³-hybridized carbons (Fsp3) is 0.500. The number of hydrogen-bond acceptors (Lipinski definition) is 7. The van der Waals surface area contributed by atoms with E-state index < -0.39 is 56.4 Å². The van der Waals surface area contributed by atoms with Crippen molar-refractivity contribution in [3.63, 3.8) is 0 Å². The number of rotatable bonds is 8. The van der Waals surface area contributed by atoms with Gasteiger partial charge in [0.05, 0.1) is 20.2 Å². The molecule has 2 heterocycles. The van der Waals surface area contributed by atoms with Gasteiger partial charge in [-0.25, -0.2) is 9.59 Å². The molecule has 0 spiro atoms. The summed E-state index contributed by atoms with van der Waals surface area (Å²) < 4.78 is 12.3. The predicted molar refractivity (Wildman–Crippen MR) is 121 cm³/mol. The number of aromatic amines is 1. The van der Waals surface area contributed by atoms with Crippen molar-refractivity contribution in [2.24, 2.45) is 0 Å². The lowest BCUT2D eigenvalue weighted by Gasteiger charge is -2.30. The average molecular weight is 463 g/mol. The summed E-state index contributed by atoms with van der Waals surface area (Å²) in [6.45, 7) is 5.90. The SMILES string of the molecule is CC[Si](CC)(CC)c1ccccc1C(=O)O[C@H]1[C@@H](O)[C@H](n2ccc(=O)[nH]c2=O)O[C@@H]1CO. The van der Waals surface area contributed by atoms with Gasteiger partial charge in [-0.15, -0.1) is 0 Å². The summed E-state index contributed by atoms with van der Waals surface area (Å²) in [5.74, 6) is -0.603. The molecule has 32 heavy (non-hydrogen) atoms. The zero-order chi connectivity index (χ0) is 23.5. The first kappa shape index (κ1) is 24.1. The lowest BCUT2D eigenvalue weighted by Crippen LogP contribution is -2.49. The molecular weight excluding hydrogens is 432 g/mol. The first-order valence-corrected chi connectivity index (χ1v) is 13.5. The van der Waals surface area contributed by atoms with Gasteiger partial charge in [-0.3, -0.25) is 14.3 Å². The van der Waals surface area contributed by atoms with Crippen molar-refractivity contribution in [1.82, 2.24) is 9.55 Å². The Labute approximate surface area is 186 Å². The topological polar surface area (TPSA) is 131 Å². The number of ether oxygens (including phenoxy) is 2. The molecular formula is C22H30N2O7Si. The van der Waals surface area contributed by atoms with Gasteiger partial charge in [-0.2, -0.15) is 0 Å². The summed E-state index contributed by atoms with van der Waals surface area (Å²) in [5.41, 5.74) is -0.911. The summed E-state index contributed by atoms with van der Waals surface area (Å²) in [6, 6.07) is 11.5. The van der Waals surface area contributed by atoms with Crippen LogP contribution in [0, 0.1) is 0 Å². The molecule has 174 valence electrons. The molecule has 0 saturated carbocycles. The van der Waals surface area contributed by atoms with Crippen LogP contribution < -0.4 is 16.4 Å². The predicted octanol–water partition coefficient (Wildman–Crippen LogP) is 0.728. The van der Waals surface area contributed by atoms with Crippen molar-refractivity contribution in [2.75, 3.05) is 6.61 Å². The number of carbonyl (C=O) groups is 1. The van der Waals surface area contributed by atoms with Crippen molar-refractivity contribution in [2.45, 2.75) is 63.4 Å². The zero-order valence-electron chi connectivity index (χ0n) is 18.5. The Hall–Kier alpha value is -2.53. The number of aliphatic hydroxyl groups excluding tert-OH is 2. The minimum absolute atomic E-state index is 0.457. The third-order valence-electron chi connectivity index (χ3n) is 6.61. The molecule has 0 bridgehead atoms. The van der Waals surface area contributed by atoms with E-state index in [2.05, 4.69) is 25.8 Å². The van der Waals surface area contributed by atoms with Crippen LogP contribution in [0.25, 0.3) is 0 Å². The van der Waals surface area contributed by atoms with Crippen molar-refractivity contribution in [3.05, 3.63) is 62.9 Å². The molecule has 2 aromatic rings. The largest absolute Gasteiger partial charge is 0.453 e. The molecule has 9 nitrogen and oxygen atoms in total. The first-order chi connectivity index (χ1) is 15.3. The molecule has 0 amide bonds. The highest BCUT2D eigenvalue weighted by Gasteiger charge is 2.47. The van der Waals surface area contributed by atoms with Crippen LogP contribution in [-0.4, -0.2) is 58.7 Å². The van der Waals surface area contributed by atoms with Crippen LogP contribution in [0.1, 0.15) is 37.4 Å². The highest BCUT2D eigenvalue weighted by atomic mass is 28.3. The maximum Gasteiger partial charge on any atom is 0.338 e. The van der Waals surface area contributed by atoms with E-state index in [1.807, 2.05) is 12.1 Å². The van der Waals surface area contributed by atoms with Gasteiger partial charge < -0.3 is 19.7 Å². The molecule has 1 aliphatic rings. The fourth-order valence-electron chi connectivity index (χ4n) is 4.50. The molecule has 1 aromatic carbocycles. The highest BCUT2D eigenvalue weighted by molar-refractivity contribution is 6.92. The smallest absolute Gasteiger partial charge is 0.338 e. The molecule has 1 fully saturated rings. The molecule has 1 saturated heterocycles. The lowest BCUT2D eigenvalue weighted by molar-refractivity contribution is -0.0563. The second kappa shape index (κ2) is 9.95. The van der Waals surface area contributed by atoms with Crippen LogP contribution in [-0.2, 0) is 9.47 Å². The second-order valence-electron chi connectivity index (χ2n) is 8.01. The number of carbonyl (C=O) groups excluding carboxylic acids is 1. The molecule has 0 aliphatic carbocycles. The molecule has 1 aromatic heterocycles. The van der Waals surface area contributed by atoms with Gasteiger partial charge in [-0.05, 0) is 11.3 Å². The Morgan fingerprint density at radius 3 is 2.41 bits per heavy atom. The van der Waals surface area contributed by atoms with E-state index in [0.717, 1.165) is 34.0 Å². The number of esters is 1. The Morgan fingerprint density at radius 1 is 1.16 bits per heavy atom. The van der Waals surface area contributed by atoms with E-state index in [4.69, 9.17) is 9.47 Å². The molecule has 10 heteroatoms. The second-order valence-corrected chi connectivity index (χ2v) is 13.2. The average Bonchev–Trinajstić information content (AvgIpc) is 3.11. The summed E-state index contributed by atoms with van der Waals surface area (Å²) >= 11 is 0. The quantitative estimate of drug-likeness (QED) is 0.389. The van der Waals surface area contributed by atoms with E-state index in [0.29, 0.717) is 5.56 Å². The van der Waals surface area contributed by atoms with E-state index >= 15 is 0 Å². The summed E-state index contributed by atoms with van der Waals surface area (Å²) in [6.07, 6.45) is -3.68. The third-order valence-corrected chi connectivity index (χ3v) is 12.2. The van der Waals surface area contributed by atoms with E-state index in [1.54, 1.807) is 12.1 Å². The van der Waals surface area contributed by atoms with Gasteiger partial charge in [0.25, 0.3) is 5.56 Å². The van der Waals surface area contributed by atoms with Gasteiger partial charge >= 0.3 is 11.7 Å². The third kappa shape index (κ3) is 4.36. The number of nitrogens with one attached hydrogen (secondary N) is 1. The van der Waals surface area contributed by atoms with Crippen molar-refractivity contribution < 1.29 is 24.5 Å². The van der Waals surface area contributed by atoms with Crippen LogP contribution in [0.15, 0.2) is 46.1 Å². The van der Waals surface area contributed by atoms with E-state index in [1.165, 1.54) is 6.20 Å². The van der Waals surface area contributed by atoms with Gasteiger partial charge in [0.15, 0.2) is 12.3 Å². The number of hydrogen-bond donors (Lipinski definition) is 3. The van der Waals surface area contributed by atoms with Crippen molar-refractivity contribution in [1.29, 1.82) is 0 Å². The maximum atomic E-state index is 13.2. The lowest BCUT2D eigenvalue weighted by atomic mass is 10.1. The molecule has 4 atom stereocenters. The normalized spacial score (nSPS) is 23.3. The first-order valence-electron chi connectivity index (χ1n) is 10.9. The molecule has 1 aliphatic heterocycles. The molecule has 3 rings (SSSR count). The van der Waals surface area contributed by atoms with Crippen LogP contribution in [0.2, 0.25) is 18.1 Å². The summed E-state index contributed by atoms with van der Waals surface area (Å²) in [4.78, 5) is 38.8. The number of benzene rings is 1. The van der Waals surface area contributed by atoms with Gasteiger partial charge in [0.1, 0.15) is 12.2 Å². The fourth-order valence-corrected chi connectivity index (χ4v) is 8.35. The van der Waals surface area contributed by atoms with Gasteiger partial charge in [0, 0.05) is 12.3 Å². The maximum absolute atomic E-state index is 13.2. The van der Waals surface area contributed by atoms with Gasteiger partial charge in [-0.1, -0.05) is 57.1 Å². The number of aliphatic hydroxyl groups is 2. The minimum Gasteiger partial charge on any atom is -0.453 e. The highest BCUT2D eigenvalue weighted by Crippen LogP contribution is 2.31. The summed E-state index contributed by atoms with van der Waals surface area (Å²) in [5, 5.41) is 21.6. The van der Waals surface area contributed by atoms with Crippen LogP contribution in [0.4, 0.5) is 0 Å². The molecule has 3 N–H and O–H groups in total.